The number of benzene rings is 1. The van der Waals surface area contributed by atoms with Crippen LogP contribution in [0.25, 0.3) is 11.1 Å². The van der Waals surface area contributed by atoms with Gasteiger partial charge in [-0.25, -0.2) is 9.97 Å². The fourth-order valence-corrected chi connectivity index (χ4v) is 2.89. The van der Waals surface area contributed by atoms with E-state index in [0.29, 0.717) is 6.01 Å². The standard InChI is InChI=1S/C20H23N3O2/c1-13(23-19(24)16-9-10-16)14-5-7-15(8-6-14)17-11-21-20(22-12-17)25-18-3-2-4-18/h5-8,11-13,16,18H,2-4,9-10H2,1H3,(H,23,24)/t13-/m0/s1. The normalized spacial score (nSPS) is 18.3. The quantitative estimate of drug-likeness (QED) is 0.874. The van der Waals surface area contributed by atoms with E-state index in [9.17, 15) is 4.79 Å². The second-order valence-electron chi connectivity index (χ2n) is 7.05. The molecule has 1 aromatic carbocycles. The maximum Gasteiger partial charge on any atom is 0.316 e. The molecule has 0 spiro atoms. The predicted molar refractivity (Wildman–Crippen MR) is 95.0 cm³/mol. The van der Waals surface area contributed by atoms with Gasteiger partial charge in [0.15, 0.2) is 0 Å². The zero-order chi connectivity index (χ0) is 17.2. The molecule has 2 aromatic rings. The van der Waals surface area contributed by atoms with Crippen molar-refractivity contribution in [2.24, 2.45) is 5.92 Å². The van der Waals surface area contributed by atoms with Crippen LogP contribution in [0.1, 0.15) is 50.6 Å². The second-order valence-corrected chi connectivity index (χ2v) is 7.05. The van der Waals surface area contributed by atoms with E-state index in [1.165, 1.54) is 6.42 Å². The zero-order valence-electron chi connectivity index (χ0n) is 14.4. The number of hydrogen-bond acceptors (Lipinski definition) is 4. The lowest BCUT2D eigenvalue weighted by molar-refractivity contribution is -0.122. The van der Waals surface area contributed by atoms with E-state index in [2.05, 4.69) is 15.3 Å². The lowest BCUT2D eigenvalue weighted by Gasteiger charge is -2.24. The summed E-state index contributed by atoms with van der Waals surface area (Å²) in [7, 11) is 0. The molecule has 4 rings (SSSR count). The first-order valence-electron chi connectivity index (χ1n) is 9.08. The van der Waals surface area contributed by atoms with Crippen molar-refractivity contribution in [1.29, 1.82) is 0 Å². The lowest BCUT2D eigenvalue weighted by Crippen LogP contribution is -2.27. The summed E-state index contributed by atoms with van der Waals surface area (Å²) >= 11 is 0. The minimum atomic E-state index is 0.0247. The van der Waals surface area contributed by atoms with Crippen LogP contribution in [0.2, 0.25) is 0 Å². The number of nitrogens with zero attached hydrogens (tertiary/aromatic N) is 2. The number of ether oxygens (including phenoxy) is 1. The molecule has 130 valence electrons. The number of amides is 1. The van der Waals surface area contributed by atoms with Gasteiger partial charge in [-0.05, 0) is 50.2 Å². The van der Waals surface area contributed by atoms with Crippen LogP contribution in [0.5, 0.6) is 6.01 Å². The molecule has 0 aliphatic heterocycles. The van der Waals surface area contributed by atoms with Gasteiger partial charge >= 0.3 is 6.01 Å². The molecule has 1 heterocycles. The molecule has 1 aromatic heterocycles. The van der Waals surface area contributed by atoms with Gasteiger partial charge in [-0.3, -0.25) is 4.79 Å². The predicted octanol–water partition coefficient (Wildman–Crippen LogP) is 3.66. The maximum atomic E-state index is 11.9. The van der Waals surface area contributed by atoms with Crippen molar-refractivity contribution < 1.29 is 9.53 Å². The largest absolute Gasteiger partial charge is 0.460 e. The van der Waals surface area contributed by atoms with Crippen molar-refractivity contribution in [1.82, 2.24) is 15.3 Å². The Balaban J connectivity index is 1.39. The van der Waals surface area contributed by atoms with Crippen LogP contribution in [0.3, 0.4) is 0 Å². The van der Waals surface area contributed by atoms with E-state index in [-0.39, 0.29) is 24.0 Å². The molecule has 0 bridgehead atoms. The van der Waals surface area contributed by atoms with Crippen LogP contribution in [0.4, 0.5) is 0 Å². The van der Waals surface area contributed by atoms with Crippen LogP contribution in [0, 0.1) is 5.92 Å². The van der Waals surface area contributed by atoms with E-state index >= 15 is 0 Å². The summed E-state index contributed by atoms with van der Waals surface area (Å²) in [5.74, 6) is 0.409. The smallest absolute Gasteiger partial charge is 0.316 e. The lowest BCUT2D eigenvalue weighted by atomic mass is 9.96. The zero-order valence-corrected chi connectivity index (χ0v) is 14.4. The van der Waals surface area contributed by atoms with Crippen molar-refractivity contribution in [3.63, 3.8) is 0 Å². The Kier molecular flexibility index (Phi) is 4.38. The maximum absolute atomic E-state index is 11.9. The van der Waals surface area contributed by atoms with E-state index in [0.717, 1.165) is 42.4 Å². The summed E-state index contributed by atoms with van der Waals surface area (Å²) in [6, 6.07) is 8.66. The van der Waals surface area contributed by atoms with Gasteiger partial charge in [0.1, 0.15) is 6.10 Å². The van der Waals surface area contributed by atoms with Gasteiger partial charge < -0.3 is 10.1 Å². The minimum absolute atomic E-state index is 0.0247. The molecule has 0 saturated heterocycles. The summed E-state index contributed by atoms with van der Waals surface area (Å²) in [6.07, 6.45) is 9.37. The molecule has 1 atom stereocenters. The Morgan fingerprint density at radius 3 is 2.32 bits per heavy atom. The molecule has 1 N–H and O–H groups in total. The van der Waals surface area contributed by atoms with Gasteiger partial charge in [-0.2, -0.15) is 0 Å². The van der Waals surface area contributed by atoms with Gasteiger partial charge in [-0.15, -0.1) is 0 Å². The first-order valence-corrected chi connectivity index (χ1v) is 9.08. The number of rotatable bonds is 6. The van der Waals surface area contributed by atoms with Gasteiger partial charge in [0.25, 0.3) is 0 Å². The molecule has 2 saturated carbocycles. The highest BCUT2D eigenvalue weighted by atomic mass is 16.5. The van der Waals surface area contributed by atoms with Crippen molar-refractivity contribution in [3.8, 4) is 17.1 Å². The molecule has 0 radical (unpaired) electrons. The van der Waals surface area contributed by atoms with E-state index in [1.54, 1.807) is 12.4 Å². The van der Waals surface area contributed by atoms with Crippen LogP contribution >= 0.6 is 0 Å². The average Bonchev–Trinajstić information content (AvgIpc) is 3.44. The molecule has 25 heavy (non-hydrogen) atoms. The van der Waals surface area contributed by atoms with Gasteiger partial charge in [-0.1, -0.05) is 24.3 Å². The van der Waals surface area contributed by atoms with Crippen molar-refractivity contribution in [2.45, 2.75) is 51.2 Å². The molecule has 5 heteroatoms. The Morgan fingerprint density at radius 1 is 1.08 bits per heavy atom. The van der Waals surface area contributed by atoms with Crippen molar-refractivity contribution >= 4 is 5.91 Å². The summed E-state index contributed by atoms with van der Waals surface area (Å²) in [6.45, 7) is 2.02. The monoisotopic (exact) mass is 337 g/mol. The fourth-order valence-electron chi connectivity index (χ4n) is 2.89. The number of nitrogens with one attached hydrogen (secondary N) is 1. The SMILES string of the molecule is C[C@H](NC(=O)C1CC1)c1ccc(-c2cnc(OC3CCC3)nc2)cc1. The summed E-state index contributed by atoms with van der Waals surface area (Å²) in [4.78, 5) is 20.5. The van der Waals surface area contributed by atoms with Crippen molar-refractivity contribution in [3.05, 3.63) is 42.2 Å². The summed E-state index contributed by atoms with van der Waals surface area (Å²) in [5.41, 5.74) is 3.12. The van der Waals surface area contributed by atoms with Gasteiger partial charge in [0, 0.05) is 23.9 Å². The highest BCUT2D eigenvalue weighted by Gasteiger charge is 2.30. The number of aromatic nitrogens is 2. The van der Waals surface area contributed by atoms with Gasteiger partial charge in [0.2, 0.25) is 5.91 Å². The fraction of sp³-hybridized carbons (Fsp3) is 0.450. The third kappa shape index (κ3) is 3.81. The summed E-state index contributed by atoms with van der Waals surface area (Å²) < 4.78 is 5.69. The molecule has 5 nitrogen and oxygen atoms in total. The summed E-state index contributed by atoms with van der Waals surface area (Å²) in [5, 5.41) is 3.07. The average molecular weight is 337 g/mol. The Hall–Kier alpha value is -2.43. The molecule has 0 unspecified atom stereocenters. The second kappa shape index (κ2) is 6.82. The third-order valence-electron chi connectivity index (χ3n) is 5.00. The molecule has 2 aliphatic carbocycles. The van der Waals surface area contributed by atoms with Gasteiger partial charge in [0.05, 0.1) is 6.04 Å². The highest BCUT2D eigenvalue weighted by Crippen LogP contribution is 2.30. The number of carbonyl (C=O) groups is 1. The minimum Gasteiger partial charge on any atom is -0.460 e. The van der Waals surface area contributed by atoms with Crippen molar-refractivity contribution in [2.75, 3.05) is 0 Å². The third-order valence-corrected chi connectivity index (χ3v) is 5.00. The molecular weight excluding hydrogens is 314 g/mol. The van der Waals surface area contributed by atoms with E-state index in [1.807, 2.05) is 31.2 Å². The number of carbonyl (C=O) groups excluding carboxylic acids is 1. The molecule has 2 aliphatic rings. The van der Waals surface area contributed by atoms with Crippen LogP contribution in [-0.2, 0) is 4.79 Å². The first-order chi connectivity index (χ1) is 12.2. The van der Waals surface area contributed by atoms with E-state index < -0.39 is 0 Å². The highest BCUT2D eigenvalue weighted by molar-refractivity contribution is 5.81. The number of hydrogen-bond donors (Lipinski definition) is 1. The Bertz CT molecular complexity index is 735. The van der Waals surface area contributed by atoms with Crippen LogP contribution < -0.4 is 10.1 Å². The van der Waals surface area contributed by atoms with E-state index in [4.69, 9.17) is 4.74 Å². The Labute approximate surface area is 147 Å². The first kappa shape index (κ1) is 16.1. The topological polar surface area (TPSA) is 64.1 Å². The van der Waals surface area contributed by atoms with Crippen LogP contribution in [-0.4, -0.2) is 22.0 Å². The Morgan fingerprint density at radius 2 is 1.76 bits per heavy atom. The molecular formula is C20H23N3O2. The van der Waals surface area contributed by atoms with Crippen LogP contribution in [0.15, 0.2) is 36.7 Å². The molecule has 2 fully saturated rings. The molecule has 1 amide bonds.